The van der Waals surface area contributed by atoms with Crippen LogP contribution in [0, 0.1) is 3.57 Å². The third-order valence-electron chi connectivity index (χ3n) is 1.27. The van der Waals surface area contributed by atoms with Gasteiger partial charge in [0.15, 0.2) is 0 Å². The SMILES string of the molecule is CC(=O)OI(OC(C)=O)c1ccccc1.[2H]OC([2H])([2H])[2H]. The molecule has 1 N–H and O–H groups in total. The molecule has 0 atom stereocenters. The van der Waals surface area contributed by atoms with Gasteiger partial charge in [-0.15, -0.1) is 0 Å². The molecule has 6 heteroatoms. The molecule has 0 saturated heterocycles. The second kappa shape index (κ2) is 8.94. The number of hydrogen-bond donors (Lipinski definition) is 1. The van der Waals surface area contributed by atoms with E-state index in [2.05, 4.69) is 5.11 Å². The van der Waals surface area contributed by atoms with Crippen LogP contribution in [0.1, 0.15) is 18.0 Å². The molecular weight excluding hydrogens is 339 g/mol. The van der Waals surface area contributed by atoms with Crippen LogP contribution >= 0.6 is 20.6 Å². The summed E-state index contributed by atoms with van der Waals surface area (Å²) in [6.45, 7) is 2.60. The molecule has 1 rings (SSSR count). The monoisotopic (exact) mass is 358 g/mol. The standard InChI is InChI=1S/C10H11IO4.CH4O/c1-8(12)14-11(15-9(2)13)10-6-4-3-5-7-10;1-2/h3-7H,1-2H3;2H,1H3/i;1D3,2D. The number of benzene rings is 1. The molecule has 96 valence electrons. The van der Waals surface area contributed by atoms with Gasteiger partial charge >= 0.3 is 96.1 Å². The Kier molecular flexibility index (Phi) is 5.17. The molecule has 0 aromatic heterocycles. The number of aliphatic hydroxyl groups is 1. The topological polar surface area (TPSA) is 72.8 Å². The first-order chi connectivity index (χ1) is 9.65. The summed E-state index contributed by atoms with van der Waals surface area (Å²) in [6.07, 6.45) is 0. The fraction of sp³-hybridized carbons (Fsp3) is 0.273. The van der Waals surface area contributed by atoms with Crippen LogP contribution in [0.5, 0.6) is 0 Å². The summed E-state index contributed by atoms with van der Waals surface area (Å²) in [4.78, 5) is 21.7. The third kappa shape index (κ3) is 6.90. The van der Waals surface area contributed by atoms with Crippen molar-refractivity contribution in [1.29, 1.82) is 1.43 Å². The van der Waals surface area contributed by atoms with Crippen molar-refractivity contribution in [2.24, 2.45) is 0 Å². The van der Waals surface area contributed by atoms with Crippen molar-refractivity contribution in [3.63, 3.8) is 0 Å². The minimum absolute atomic E-state index is 0.426. The Hall–Kier alpha value is -1.15. The Morgan fingerprint density at radius 3 is 2.06 bits per heavy atom. The molecule has 1 aromatic carbocycles. The average molecular weight is 358 g/mol. The van der Waals surface area contributed by atoms with E-state index in [9.17, 15) is 9.59 Å². The smallest absolute Gasteiger partial charge is 0.210 e. The molecule has 0 fully saturated rings. The van der Waals surface area contributed by atoms with Crippen molar-refractivity contribution in [3.05, 3.63) is 33.9 Å². The zero-order valence-corrected chi connectivity index (χ0v) is 11.5. The summed E-state index contributed by atoms with van der Waals surface area (Å²) in [5, 5.41) is 3.19. The second-order valence-corrected chi connectivity index (χ2v) is 6.02. The Labute approximate surface area is 114 Å². The van der Waals surface area contributed by atoms with Crippen molar-refractivity contribution >= 4 is 32.6 Å². The van der Waals surface area contributed by atoms with Gasteiger partial charge in [-0.3, -0.25) is 0 Å². The van der Waals surface area contributed by atoms with Gasteiger partial charge < -0.3 is 5.11 Å². The largest absolute Gasteiger partial charge is 0.400 e. The molecule has 0 aliphatic heterocycles. The van der Waals surface area contributed by atoms with Gasteiger partial charge in [0, 0.05) is 7.04 Å². The van der Waals surface area contributed by atoms with E-state index in [1.165, 1.54) is 13.8 Å². The van der Waals surface area contributed by atoms with Gasteiger partial charge in [0.25, 0.3) is 0 Å². The molecule has 0 spiro atoms. The number of rotatable bonds is 3. The van der Waals surface area contributed by atoms with E-state index < -0.39 is 39.6 Å². The van der Waals surface area contributed by atoms with E-state index in [-0.39, 0.29) is 0 Å². The first-order valence-corrected chi connectivity index (χ1v) is 7.27. The fourth-order valence-corrected chi connectivity index (χ4v) is 3.55. The van der Waals surface area contributed by atoms with Crippen LogP contribution in [0.2, 0.25) is 0 Å². The maximum Gasteiger partial charge on any atom is 0.210 e. The van der Waals surface area contributed by atoms with Crippen LogP contribution in [0.15, 0.2) is 30.3 Å². The normalized spacial score (nSPS) is 13.6. The Balaban J connectivity index is 0.000000567. The molecule has 0 radical (unpaired) electrons. The zero-order valence-electron chi connectivity index (χ0n) is 13.3. The summed E-state index contributed by atoms with van der Waals surface area (Å²) < 4.78 is 34.9. The van der Waals surface area contributed by atoms with Gasteiger partial charge in [-0.25, -0.2) is 0 Å². The molecule has 0 aliphatic rings. The van der Waals surface area contributed by atoms with E-state index in [1.807, 2.05) is 18.2 Å². The third-order valence-corrected chi connectivity index (χ3v) is 5.05. The van der Waals surface area contributed by atoms with Gasteiger partial charge in [-0.2, -0.15) is 0 Å². The van der Waals surface area contributed by atoms with E-state index in [4.69, 9.17) is 11.7 Å². The molecule has 0 heterocycles. The molecule has 0 bridgehead atoms. The molecule has 0 aliphatic carbocycles. The van der Waals surface area contributed by atoms with E-state index in [0.717, 1.165) is 3.57 Å². The summed E-state index contributed by atoms with van der Waals surface area (Å²) in [5.41, 5.74) is 0. The number of hydrogen-bond acceptors (Lipinski definition) is 5. The number of carbonyl (C=O) groups is 2. The van der Waals surface area contributed by atoms with E-state index in [0.29, 0.717) is 0 Å². The molecular formula is C11H15IO5. The first-order valence-electron chi connectivity index (χ1n) is 6.34. The molecule has 0 saturated carbocycles. The molecule has 17 heavy (non-hydrogen) atoms. The van der Waals surface area contributed by atoms with Crippen LogP contribution in [0.4, 0.5) is 0 Å². The van der Waals surface area contributed by atoms with Crippen LogP contribution in [-0.4, -0.2) is 25.5 Å². The van der Waals surface area contributed by atoms with Crippen LogP contribution < -0.4 is 0 Å². The van der Waals surface area contributed by atoms with Crippen molar-refractivity contribution in [2.75, 3.05) is 7.04 Å². The van der Waals surface area contributed by atoms with Crippen molar-refractivity contribution in [1.82, 2.24) is 0 Å². The van der Waals surface area contributed by atoms with Crippen LogP contribution in [-0.2, 0) is 15.7 Å². The predicted molar refractivity (Wildman–Crippen MR) is 70.8 cm³/mol. The predicted octanol–water partition coefficient (Wildman–Crippen LogP) is 1.93. The minimum Gasteiger partial charge on any atom is -0.400 e. The van der Waals surface area contributed by atoms with Gasteiger partial charge in [-0.05, 0) is 0 Å². The van der Waals surface area contributed by atoms with Crippen molar-refractivity contribution in [2.45, 2.75) is 13.8 Å². The van der Waals surface area contributed by atoms with Gasteiger partial charge in [0.2, 0.25) is 1.43 Å². The van der Waals surface area contributed by atoms with Crippen LogP contribution in [0.25, 0.3) is 0 Å². The van der Waals surface area contributed by atoms with Crippen LogP contribution in [0.3, 0.4) is 0 Å². The van der Waals surface area contributed by atoms with Gasteiger partial charge in [0.1, 0.15) is 0 Å². The van der Waals surface area contributed by atoms with E-state index in [1.54, 1.807) is 12.1 Å². The Bertz CT molecular complexity index is 436. The quantitative estimate of drug-likeness (QED) is 0.836. The maximum absolute atomic E-state index is 10.8. The molecule has 0 unspecified atom stereocenters. The summed E-state index contributed by atoms with van der Waals surface area (Å²) in [7, 11) is -2.54. The molecule has 1 aromatic rings. The van der Waals surface area contributed by atoms with E-state index >= 15 is 0 Å². The molecule has 0 amide bonds. The van der Waals surface area contributed by atoms with Gasteiger partial charge in [0.05, 0.1) is 4.11 Å². The number of halogens is 1. The first kappa shape index (κ1) is 9.84. The summed E-state index contributed by atoms with van der Waals surface area (Å²) in [5.74, 6) is -0.851. The average Bonchev–Trinajstić information content (AvgIpc) is 2.38. The summed E-state index contributed by atoms with van der Waals surface area (Å²) in [6, 6.07) is 9.05. The second-order valence-electron chi connectivity index (χ2n) is 2.65. The van der Waals surface area contributed by atoms with Crippen molar-refractivity contribution in [3.8, 4) is 0 Å². The molecule has 5 nitrogen and oxygen atoms in total. The summed E-state index contributed by atoms with van der Waals surface area (Å²) >= 11 is -2.59. The van der Waals surface area contributed by atoms with Crippen molar-refractivity contribution < 1.29 is 24.9 Å². The Morgan fingerprint density at radius 2 is 1.71 bits per heavy atom. The maximum atomic E-state index is 10.8. The minimum atomic E-state index is -2.59. The van der Waals surface area contributed by atoms with Gasteiger partial charge in [-0.1, -0.05) is 0 Å². The zero-order chi connectivity index (χ0) is 16.5. The Morgan fingerprint density at radius 1 is 1.24 bits per heavy atom. The fourth-order valence-electron chi connectivity index (χ4n) is 0.820. The number of carbonyl (C=O) groups excluding carboxylic acids is 2.